The molecule has 0 aromatic heterocycles. The van der Waals surface area contributed by atoms with Gasteiger partial charge in [0.1, 0.15) is 0 Å². The molecule has 1 nitrogen and oxygen atoms in total. The van der Waals surface area contributed by atoms with Crippen LogP contribution in [-0.2, 0) is 0 Å². The lowest BCUT2D eigenvalue weighted by Gasteiger charge is -2.25. The molecule has 1 rings (SSSR count). The van der Waals surface area contributed by atoms with Crippen LogP contribution in [0.15, 0.2) is 30.3 Å². The van der Waals surface area contributed by atoms with Crippen LogP contribution in [0.3, 0.4) is 0 Å². The van der Waals surface area contributed by atoms with Gasteiger partial charge in [-0.05, 0) is 23.8 Å². The van der Waals surface area contributed by atoms with Crippen molar-refractivity contribution in [1.29, 1.82) is 0 Å². The Balaban J connectivity index is 2.50. The molecule has 3 unspecified atom stereocenters. The van der Waals surface area contributed by atoms with Gasteiger partial charge in [0.2, 0.25) is 0 Å². The van der Waals surface area contributed by atoms with Gasteiger partial charge < -0.3 is 5.73 Å². The lowest BCUT2D eigenvalue weighted by Crippen LogP contribution is -2.29. The molecular weight excluding hydrogens is 218 g/mol. The van der Waals surface area contributed by atoms with Crippen molar-refractivity contribution in [2.75, 3.05) is 0 Å². The van der Waals surface area contributed by atoms with Crippen molar-refractivity contribution in [2.24, 2.45) is 11.7 Å². The summed E-state index contributed by atoms with van der Waals surface area (Å²) in [5.41, 5.74) is 7.77. The molecule has 0 amide bonds. The molecule has 1 aromatic rings. The summed E-state index contributed by atoms with van der Waals surface area (Å²) in [5.74, 6) is 1.26. The molecule has 1 heteroatoms. The highest BCUT2D eigenvalue weighted by Crippen LogP contribution is 2.25. The molecule has 102 valence electrons. The summed E-state index contributed by atoms with van der Waals surface area (Å²) in [6.07, 6.45) is 6.38. The van der Waals surface area contributed by atoms with E-state index in [1.807, 2.05) is 0 Å². The van der Waals surface area contributed by atoms with Gasteiger partial charge in [-0.15, -0.1) is 0 Å². The van der Waals surface area contributed by atoms with E-state index in [1.54, 1.807) is 0 Å². The molecule has 2 N–H and O–H groups in total. The molecule has 0 aliphatic carbocycles. The molecule has 0 saturated carbocycles. The van der Waals surface area contributed by atoms with Crippen LogP contribution >= 0.6 is 0 Å². The summed E-state index contributed by atoms with van der Waals surface area (Å²) >= 11 is 0. The second-order valence-corrected chi connectivity index (χ2v) is 5.52. The second kappa shape index (κ2) is 8.31. The maximum Gasteiger partial charge on any atom is 0.0108 e. The SMILES string of the molecule is CCCCC(CC)CC(N)C(C)c1ccccc1. The van der Waals surface area contributed by atoms with Gasteiger partial charge in [0, 0.05) is 6.04 Å². The average molecular weight is 247 g/mol. The van der Waals surface area contributed by atoms with Crippen LogP contribution in [0.4, 0.5) is 0 Å². The van der Waals surface area contributed by atoms with Crippen molar-refractivity contribution < 1.29 is 0 Å². The molecule has 18 heavy (non-hydrogen) atoms. The van der Waals surface area contributed by atoms with Crippen LogP contribution < -0.4 is 5.73 Å². The number of hydrogen-bond acceptors (Lipinski definition) is 1. The Kier molecular flexibility index (Phi) is 7.04. The van der Waals surface area contributed by atoms with Gasteiger partial charge in [-0.25, -0.2) is 0 Å². The Morgan fingerprint density at radius 2 is 1.78 bits per heavy atom. The molecule has 0 fully saturated rings. The van der Waals surface area contributed by atoms with Crippen molar-refractivity contribution in [3.63, 3.8) is 0 Å². The third kappa shape index (κ3) is 4.81. The summed E-state index contributed by atoms with van der Waals surface area (Å²) in [7, 11) is 0. The summed E-state index contributed by atoms with van der Waals surface area (Å²) in [4.78, 5) is 0. The van der Waals surface area contributed by atoms with Crippen LogP contribution in [-0.4, -0.2) is 6.04 Å². The van der Waals surface area contributed by atoms with Gasteiger partial charge >= 0.3 is 0 Å². The number of hydrogen-bond donors (Lipinski definition) is 1. The van der Waals surface area contributed by atoms with E-state index in [2.05, 4.69) is 51.1 Å². The van der Waals surface area contributed by atoms with Gasteiger partial charge in [-0.1, -0.05) is 76.8 Å². The fourth-order valence-electron chi connectivity index (χ4n) is 2.57. The van der Waals surface area contributed by atoms with E-state index in [0.29, 0.717) is 5.92 Å². The average Bonchev–Trinajstić information content (AvgIpc) is 2.43. The zero-order chi connectivity index (χ0) is 13.4. The van der Waals surface area contributed by atoms with Crippen LogP contribution in [0.5, 0.6) is 0 Å². The molecule has 0 radical (unpaired) electrons. The normalized spacial score (nSPS) is 16.2. The van der Waals surface area contributed by atoms with E-state index in [9.17, 15) is 0 Å². The molecule has 0 saturated heterocycles. The molecule has 0 heterocycles. The maximum atomic E-state index is 6.40. The third-order valence-corrected chi connectivity index (χ3v) is 4.12. The van der Waals surface area contributed by atoms with Crippen LogP contribution in [0, 0.1) is 5.92 Å². The van der Waals surface area contributed by atoms with Gasteiger partial charge in [-0.2, -0.15) is 0 Å². The molecule has 1 aromatic carbocycles. The highest BCUT2D eigenvalue weighted by molar-refractivity contribution is 5.20. The highest BCUT2D eigenvalue weighted by Gasteiger charge is 2.18. The van der Waals surface area contributed by atoms with E-state index in [4.69, 9.17) is 5.73 Å². The third-order valence-electron chi connectivity index (χ3n) is 4.12. The molecule has 0 aliphatic rings. The topological polar surface area (TPSA) is 26.0 Å². The fraction of sp³-hybridized carbons (Fsp3) is 0.647. The standard InChI is InChI=1S/C17H29N/c1-4-6-10-15(5-2)13-17(18)14(3)16-11-8-7-9-12-16/h7-9,11-12,14-15,17H,4-6,10,13,18H2,1-3H3. The molecule has 0 bridgehead atoms. The van der Waals surface area contributed by atoms with Crippen LogP contribution in [0.25, 0.3) is 0 Å². The quantitative estimate of drug-likeness (QED) is 0.706. The first-order valence-corrected chi connectivity index (χ1v) is 7.49. The minimum Gasteiger partial charge on any atom is -0.327 e. The maximum absolute atomic E-state index is 6.40. The summed E-state index contributed by atoms with van der Waals surface area (Å²) < 4.78 is 0. The zero-order valence-electron chi connectivity index (χ0n) is 12.2. The van der Waals surface area contributed by atoms with E-state index >= 15 is 0 Å². The first-order chi connectivity index (χ1) is 8.69. The first-order valence-electron chi connectivity index (χ1n) is 7.49. The number of benzene rings is 1. The number of nitrogens with two attached hydrogens (primary N) is 1. The summed E-state index contributed by atoms with van der Waals surface area (Å²) in [6, 6.07) is 10.9. The number of rotatable bonds is 8. The van der Waals surface area contributed by atoms with Gasteiger partial charge in [-0.3, -0.25) is 0 Å². The van der Waals surface area contributed by atoms with Crippen molar-refractivity contribution in [1.82, 2.24) is 0 Å². The largest absolute Gasteiger partial charge is 0.327 e. The second-order valence-electron chi connectivity index (χ2n) is 5.52. The lowest BCUT2D eigenvalue weighted by molar-refractivity contribution is 0.363. The lowest BCUT2D eigenvalue weighted by atomic mass is 9.85. The Hall–Kier alpha value is -0.820. The minimum atomic E-state index is 0.286. The highest BCUT2D eigenvalue weighted by atomic mass is 14.6. The molecule has 0 spiro atoms. The summed E-state index contributed by atoms with van der Waals surface area (Å²) in [5, 5.41) is 0. The predicted octanol–water partition coefficient (Wildman–Crippen LogP) is 4.72. The fourth-order valence-corrected chi connectivity index (χ4v) is 2.57. The van der Waals surface area contributed by atoms with Crippen molar-refractivity contribution in [3.05, 3.63) is 35.9 Å². The Bertz CT molecular complexity index is 307. The molecule has 0 aliphatic heterocycles. The smallest absolute Gasteiger partial charge is 0.0108 e. The van der Waals surface area contributed by atoms with E-state index in [-0.39, 0.29) is 6.04 Å². The Morgan fingerprint density at radius 1 is 1.11 bits per heavy atom. The predicted molar refractivity (Wildman–Crippen MR) is 80.8 cm³/mol. The van der Waals surface area contributed by atoms with Crippen molar-refractivity contribution in [2.45, 2.75) is 64.8 Å². The monoisotopic (exact) mass is 247 g/mol. The van der Waals surface area contributed by atoms with E-state index in [0.717, 1.165) is 12.3 Å². The molecule has 3 atom stereocenters. The van der Waals surface area contributed by atoms with Crippen molar-refractivity contribution >= 4 is 0 Å². The zero-order valence-corrected chi connectivity index (χ0v) is 12.2. The van der Waals surface area contributed by atoms with E-state index in [1.165, 1.54) is 31.2 Å². The first kappa shape index (κ1) is 15.2. The minimum absolute atomic E-state index is 0.286. The Morgan fingerprint density at radius 3 is 2.33 bits per heavy atom. The van der Waals surface area contributed by atoms with Gasteiger partial charge in [0.15, 0.2) is 0 Å². The van der Waals surface area contributed by atoms with E-state index < -0.39 is 0 Å². The number of unbranched alkanes of at least 4 members (excludes halogenated alkanes) is 1. The summed E-state index contributed by atoms with van der Waals surface area (Å²) in [6.45, 7) is 6.81. The van der Waals surface area contributed by atoms with Gasteiger partial charge in [0.25, 0.3) is 0 Å². The Labute approximate surface area is 113 Å². The van der Waals surface area contributed by atoms with Crippen LogP contribution in [0.1, 0.15) is 64.4 Å². The van der Waals surface area contributed by atoms with Crippen LogP contribution in [0.2, 0.25) is 0 Å². The van der Waals surface area contributed by atoms with Crippen molar-refractivity contribution in [3.8, 4) is 0 Å². The molecular formula is C17H29N. The van der Waals surface area contributed by atoms with Gasteiger partial charge in [0.05, 0.1) is 0 Å².